The SMILES string of the molecule is CCN(CC1CCC1)C(=O)c1cc(S)ccc1Br. The van der Waals surface area contributed by atoms with Gasteiger partial charge in [-0.2, -0.15) is 0 Å². The summed E-state index contributed by atoms with van der Waals surface area (Å²) in [5.74, 6) is 0.805. The standard InChI is InChI=1S/C14H18BrNOS/c1-2-16(9-10-4-3-5-10)14(17)12-8-11(18)6-7-13(12)15/h6-8,10,18H,2-5,9H2,1H3. The highest BCUT2D eigenvalue weighted by molar-refractivity contribution is 9.10. The Morgan fingerprint density at radius 3 is 2.78 bits per heavy atom. The summed E-state index contributed by atoms with van der Waals surface area (Å²) in [6.07, 6.45) is 3.83. The Hall–Kier alpha value is -0.480. The number of rotatable bonds is 4. The first-order chi connectivity index (χ1) is 8.61. The zero-order valence-electron chi connectivity index (χ0n) is 10.5. The van der Waals surface area contributed by atoms with Crippen LogP contribution in [0.25, 0.3) is 0 Å². The second kappa shape index (κ2) is 6.11. The average molecular weight is 328 g/mol. The van der Waals surface area contributed by atoms with Crippen LogP contribution in [0.4, 0.5) is 0 Å². The molecule has 1 saturated carbocycles. The van der Waals surface area contributed by atoms with Crippen LogP contribution in [-0.2, 0) is 0 Å². The van der Waals surface area contributed by atoms with Crippen molar-refractivity contribution < 1.29 is 4.79 Å². The summed E-state index contributed by atoms with van der Waals surface area (Å²) in [5.41, 5.74) is 0.712. The lowest BCUT2D eigenvalue weighted by atomic mass is 9.85. The molecular formula is C14H18BrNOS. The molecule has 1 amide bonds. The number of carbonyl (C=O) groups excluding carboxylic acids is 1. The molecule has 2 rings (SSSR count). The molecule has 98 valence electrons. The zero-order chi connectivity index (χ0) is 13.1. The Labute approximate surface area is 122 Å². The van der Waals surface area contributed by atoms with Crippen LogP contribution in [0, 0.1) is 5.92 Å². The van der Waals surface area contributed by atoms with E-state index in [9.17, 15) is 4.79 Å². The van der Waals surface area contributed by atoms with Crippen LogP contribution in [0.1, 0.15) is 36.5 Å². The summed E-state index contributed by atoms with van der Waals surface area (Å²) in [6.45, 7) is 3.69. The van der Waals surface area contributed by atoms with Gasteiger partial charge in [0.25, 0.3) is 5.91 Å². The molecular weight excluding hydrogens is 310 g/mol. The van der Waals surface area contributed by atoms with Gasteiger partial charge >= 0.3 is 0 Å². The minimum atomic E-state index is 0.104. The molecule has 18 heavy (non-hydrogen) atoms. The van der Waals surface area contributed by atoms with Crippen LogP contribution in [0.5, 0.6) is 0 Å². The van der Waals surface area contributed by atoms with E-state index in [0.717, 1.165) is 22.5 Å². The van der Waals surface area contributed by atoms with Gasteiger partial charge in [-0.25, -0.2) is 0 Å². The zero-order valence-corrected chi connectivity index (χ0v) is 13.0. The van der Waals surface area contributed by atoms with E-state index in [1.165, 1.54) is 19.3 Å². The van der Waals surface area contributed by atoms with E-state index in [-0.39, 0.29) is 5.91 Å². The Kier molecular flexibility index (Phi) is 4.73. The van der Waals surface area contributed by atoms with Crippen LogP contribution in [-0.4, -0.2) is 23.9 Å². The minimum absolute atomic E-state index is 0.104. The van der Waals surface area contributed by atoms with E-state index < -0.39 is 0 Å². The molecule has 0 saturated heterocycles. The number of amides is 1. The van der Waals surface area contributed by atoms with Crippen molar-refractivity contribution in [2.45, 2.75) is 31.1 Å². The number of nitrogens with zero attached hydrogens (tertiary/aromatic N) is 1. The van der Waals surface area contributed by atoms with E-state index in [2.05, 4.69) is 28.6 Å². The van der Waals surface area contributed by atoms with E-state index >= 15 is 0 Å². The number of hydrogen-bond donors (Lipinski definition) is 1. The topological polar surface area (TPSA) is 20.3 Å². The van der Waals surface area contributed by atoms with E-state index in [1.807, 2.05) is 30.0 Å². The Bertz CT molecular complexity index is 445. The second-order valence-corrected chi connectivity index (χ2v) is 6.18. The van der Waals surface area contributed by atoms with Gasteiger partial charge in [0.15, 0.2) is 0 Å². The van der Waals surface area contributed by atoms with Crippen molar-refractivity contribution in [3.63, 3.8) is 0 Å². The Morgan fingerprint density at radius 1 is 1.50 bits per heavy atom. The van der Waals surface area contributed by atoms with Gasteiger partial charge in [-0.3, -0.25) is 4.79 Å². The van der Waals surface area contributed by atoms with Crippen molar-refractivity contribution in [2.24, 2.45) is 5.92 Å². The third-order valence-electron chi connectivity index (χ3n) is 3.55. The van der Waals surface area contributed by atoms with Crippen molar-refractivity contribution in [3.8, 4) is 0 Å². The third-order valence-corrected chi connectivity index (χ3v) is 4.52. The highest BCUT2D eigenvalue weighted by Crippen LogP contribution is 2.28. The van der Waals surface area contributed by atoms with Crippen LogP contribution in [0.15, 0.2) is 27.6 Å². The van der Waals surface area contributed by atoms with E-state index in [4.69, 9.17) is 0 Å². The Balaban J connectivity index is 2.14. The van der Waals surface area contributed by atoms with Crippen molar-refractivity contribution in [3.05, 3.63) is 28.2 Å². The van der Waals surface area contributed by atoms with Gasteiger partial charge in [-0.15, -0.1) is 12.6 Å². The van der Waals surface area contributed by atoms with E-state index in [1.54, 1.807) is 0 Å². The lowest BCUT2D eigenvalue weighted by Crippen LogP contribution is -2.37. The van der Waals surface area contributed by atoms with Crippen molar-refractivity contribution in [1.82, 2.24) is 4.90 Å². The van der Waals surface area contributed by atoms with Crippen LogP contribution < -0.4 is 0 Å². The monoisotopic (exact) mass is 327 g/mol. The maximum atomic E-state index is 12.5. The lowest BCUT2D eigenvalue weighted by molar-refractivity contribution is 0.0705. The van der Waals surface area contributed by atoms with Crippen molar-refractivity contribution in [1.29, 1.82) is 0 Å². The Morgan fingerprint density at radius 2 is 2.22 bits per heavy atom. The summed E-state index contributed by atoms with van der Waals surface area (Å²) in [6, 6.07) is 5.60. The van der Waals surface area contributed by atoms with Crippen LogP contribution in [0.3, 0.4) is 0 Å². The minimum Gasteiger partial charge on any atom is -0.339 e. The van der Waals surface area contributed by atoms with Crippen LogP contribution >= 0.6 is 28.6 Å². The first-order valence-electron chi connectivity index (χ1n) is 6.39. The summed E-state index contributed by atoms with van der Waals surface area (Å²) >= 11 is 7.75. The summed E-state index contributed by atoms with van der Waals surface area (Å²) < 4.78 is 0.845. The highest BCUT2D eigenvalue weighted by atomic mass is 79.9. The van der Waals surface area contributed by atoms with Gasteiger partial charge in [0.05, 0.1) is 5.56 Å². The highest BCUT2D eigenvalue weighted by Gasteiger charge is 2.24. The molecule has 4 heteroatoms. The molecule has 0 N–H and O–H groups in total. The van der Waals surface area contributed by atoms with E-state index in [0.29, 0.717) is 11.5 Å². The summed E-state index contributed by atoms with van der Waals surface area (Å²) in [7, 11) is 0. The average Bonchev–Trinajstić information content (AvgIpc) is 2.30. The fourth-order valence-corrected chi connectivity index (χ4v) is 2.81. The maximum Gasteiger partial charge on any atom is 0.255 e. The van der Waals surface area contributed by atoms with Crippen molar-refractivity contribution >= 4 is 34.5 Å². The molecule has 0 atom stereocenters. The lowest BCUT2D eigenvalue weighted by Gasteiger charge is -2.32. The van der Waals surface area contributed by atoms with Gasteiger partial charge < -0.3 is 4.90 Å². The first kappa shape index (κ1) is 13.9. The largest absolute Gasteiger partial charge is 0.339 e. The summed E-state index contributed by atoms with van der Waals surface area (Å²) in [5, 5.41) is 0. The van der Waals surface area contributed by atoms with Gasteiger partial charge in [-0.1, -0.05) is 6.42 Å². The van der Waals surface area contributed by atoms with Crippen molar-refractivity contribution in [2.75, 3.05) is 13.1 Å². The molecule has 0 aromatic heterocycles. The molecule has 0 radical (unpaired) electrons. The van der Waals surface area contributed by atoms with Gasteiger partial charge in [0.2, 0.25) is 0 Å². The molecule has 0 unspecified atom stereocenters. The number of benzene rings is 1. The number of thiol groups is 1. The maximum absolute atomic E-state index is 12.5. The molecule has 0 heterocycles. The van der Waals surface area contributed by atoms with Gasteiger partial charge in [0, 0.05) is 22.5 Å². The summed E-state index contributed by atoms with van der Waals surface area (Å²) in [4.78, 5) is 15.2. The molecule has 0 spiro atoms. The van der Waals surface area contributed by atoms with Crippen LogP contribution in [0.2, 0.25) is 0 Å². The molecule has 1 fully saturated rings. The predicted molar refractivity (Wildman–Crippen MR) is 80.3 cm³/mol. The number of carbonyl (C=O) groups is 1. The van der Waals surface area contributed by atoms with Gasteiger partial charge in [-0.05, 0) is 59.8 Å². The normalized spacial score (nSPS) is 15.3. The molecule has 1 aromatic carbocycles. The quantitative estimate of drug-likeness (QED) is 0.829. The second-order valence-electron chi connectivity index (χ2n) is 4.80. The molecule has 0 aliphatic heterocycles. The molecule has 1 aliphatic carbocycles. The fourth-order valence-electron chi connectivity index (χ4n) is 2.19. The molecule has 1 aromatic rings. The number of halogens is 1. The predicted octanol–water partition coefficient (Wildman–Crippen LogP) is 4.00. The third kappa shape index (κ3) is 3.09. The fraction of sp³-hybridized carbons (Fsp3) is 0.500. The molecule has 1 aliphatic rings. The molecule has 0 bridgehead atoms. The smallest absolute Gasteiger partial charge is 0.255 e. The molecule has 2 nitrogen and oxygen atoms in total. The number of hydrogen-bond acceptors (Lipinski definition) is 2. The van der Waals surface area contributed by atoms with Gasteiger partial charge in [0.1, 0.15) is 0 Å². The first-order valence-corrected chi connectivity index (χ1v) is 7.63.